The van der Waals surface area contributed by atoms with Crippen LogP contribution in [0.5, 0.6) is 17.2 Å². The summed E-state index contributed by atoms with van der Waals surface area (Å²) in [6.45, 7) is 7.97. The number of aliphatic hydroxyl groups excluding tert-OH is 1. The molecule has 2 aliphatic heterocycles. The number of benzene rings is 2. The predicted molar refractivity (Wildman–Crippen MR) is 159 cm³/mol. The molecule has 3 heterocycles. The Morgan fingerprint density at radius 2 is 1.90 bits per heavy atom. The third-order valence-corrected chi connectivity index (χ3v) is 7.67. The molecule has 0 saturated carbocycles. The third-order valence-electron chi connectivity index (χ3n) is 7.67. The second kappa shape index (κ2) is 13.1. The highest BCUT2D eigenvalue weighted by Gasteiger charge is 2.46. The molecule has 0 bridgehead atoms. The largest absolute Gasteiger partial charge is 0.507 e. The van der Waals surface area contributed by atoms with E-state index in [0.29, 0.717) is 61.8 Å². The molecule has 1 aromatic heterocycles. The van der Waals surface area contributed by atoms with E-state index in [9.17, 15) is 14.7 Å². The van der Waals surface area contributed by atoms with Crippen LogP contribution in [0.25, 0.3) is 5.76 Å². The molecular formula is C33H39N3O6. The number of ketones is 1. The van der Waals surface area contributed by atoms with Crippen LogP contribution >= 0.6 is 0 Å². The lowest BCUT2D eigenvalue weighted by molar-refractivity contribution is -0.139. The molecule has 2 aromatic carbocycles. The number of imidazole rings is 1. The summed E-state index contributed by atoms with van der Waals surface area (Å²) in [7, 11) is 0. The molecular weight excluding hydrogens is 534 g/mol. The molecule has 1 saturated heterocycles. The van der Waals surface area contributed by atoms with Crippen LogP contribution in [0.3, 0.4) is 0 Å². The number of nitrogens with zero attached hydrogens (tertiary/aromatic N) is 3. The Hall–Kier alpha value is -4.27. The van der Waals surface area contributed by atoms with Gasteiger partial charge in [0.1, 0.15) is 17.6 Å². The number of rotatable bonds is 13. The summed E-state index contributed by atoms with van der Waals surface area (Å²) < 4.78 is 19.7. The highest BCUT2D eigenvalue weighted by molar-refractivity contribution is 6.46. The Labute approximate surface area is 246 Å². The molecule has 2 aliphatic rings. The first kappa shape index (κ1) is 29.2. The third kappa shape index (κ3) is 6.15. The maximum absolute atomic E-state index is 13.6. The molecule has 0 aliphatic carbocycles. The standard InChI is InChI=1S/C33H39N3O6/c1-4-6-7-17-41-27-12-9-23(20-28(27)40-5-2)30-29(31(37)24-10-11-26-25(19-24)18-22(3)42-26)32(38)33(39)36(30)15-8-14-35-16-13-34-21-35/h9-13,16,19-22,30,37H,4-8,14-15,17-18H2,1-3H3/b31-29-. The monoisotopic (exact) mass is 573 g/mol. The maximum Gasteiger partial charge on any atom is 0.295 e. The highest BCUT2D eigenvalue weighted by Crippen LogP contribution is 2.43. The van der Waals surface area contributed by atoms with Crippen LogP contribution in [0.1, 0.15) is 69.2 Å². The average Bonchev–Trinajstić information content (AvgIpc) is 3.70. The molecule has 1 amide bonds. The Morgan fingerprint density at radius 1 is 1.05 bits per heavy atom. The first-order valence-electron chi connectivity index (χ1n) is 14.8. The average molecular weight is 574 g/mol. The summed E-state index contributed by atoms with van der Waals surface area (Å²) in [6, 6.07) is 10.1. The second-order valence-electron chi connectivity index (χ2n) is 10.8. The van der Waals surface area contributed by atoms with Crippen molar-refractivity contribution in [2.24, 2.45) is 0 Å². The van der Waals surface area contributed by atoms with Crippen LogP contribution in [0.4, 0.5) is 0 Å². The van der Waals surface area contributed by atoms with E-state index in [-0.39, 0.29) is 17.4 Å². The van der Waals surface area contributed by atoms with Crippen LogP contribution in [0.15, 0.2) is 60.7 Å². The smallest absolute Gasteiger partial charge is 0.295 e. The van der Waals surface area contributed by atoms with Crippen LogP contribution in [-0.2, 0) is 22.6 Å². The van der Waals surface area contributed by atoms with Gasteiger partial charge in [-0.25, -0.2) is 4.98 Å². The Balaban J connectivity index is 1.52. The normalized spacial score (nSPS) is 19.2. The minimum absolute atomic E-state index is 0.0400. The van der Waals surface area contributed by atoms with Crippen LogP contribution in [-0.4, -0.2) is 57.1 Å². The van der Waals surface area contributed by atoms with E-state index in [1.807, 2.05) is 54.9 Å². The van der Waals surface area contributed by atoms with Crippen LogP contribution < -0.4 is 14.2 Å². The first-order chi connectivity index (χ1) is 20.4. The second-order valence-corrected chi connectivity index (χ2v) is 10.8. The molecule has 9 heteroatoms. The van der Waals surface area contributed by atoms with Gasteiger partial charge in [0.05, 0.1) is 31.2 Å². The van der Waals surface area contributed by atoms with E-state index in [1.165, 1.54) is 0 Å². The van der Waals surface area contributed by atoms with E-state index in [0.717, 1.165) is 30.6 Å². The number of aromatic nitrogens is 2. The fourth-order valence-corrected chi connectivity index (χ4v) is 5.64. The zero-order valence-corrected chi connectivity index (χ0v) is 24.5. The van der Waals surface area contributed by atoms with E-state index in [4.69, 9.17) is 14.2 Å². The van der Waals surface area contributed by atoms with Gasteiger partial charge in [0, 0.05) is 37.5 Å². The predicted octanol–water partition coefficient (Wildman–Crippen LogP) is 5.69. The van der Waals surface area contributed by atoms with E-state index >= 15 is 0 Å². The lowest BCUT2D eigenvalue weighted by Crippen LogP contribution is -2.31. The number of Topliss-reactive ketones (excluding diaryl/α,β-unsaturated/α-hetero) is 1. The number of carbonyl (C=O) groups excluding carboxylic acids is 2. The maximum atomic E-state index is 13.6. The molecule has 9 nitrogen and oxygen atoms in total. The Bertz CT molecular complexity index is 1450. The molecule has 5 rings (SSSR count). The van der Waals surface area contributed by atoms with Gasteiger partial charge in [-0.1, -0.05) is 25.8 Å². The van der Waals surface area contributed by atoms with Crippen molar-refractivity contribution in [3.63, 3.8) is 0 Å². The molecule has 3 aromatic rings. The lowest BCUT2D eigenvalue weighted by atomic mass is 9.94. The van der Waals surface area contributed by atoms with Crippen molar-refractivity contribution in [2.75, 3.05) is 19.8 Å². The summed E-state index contributed by atoms with van der Waals surface area (Å²) in [5.74, 6) is 0.383. The summed E-state index contributed by atoms with van der Waals surface area (Å²) in [5, 5.41) is 11.6. The van der Waals surface area contributed by atoms with Crippen molar-refractivity contribution >= 4 is 17.4 Å². The minimum Gasteiger partial charge on any atom is -0.507 e. The van der Waals surface area contributed by atoms with Crippen molar-refractivity contribution in [2.45, 2.75) is 71.6 Å². The van der Waals surface area contributed by atoms with Gasteiger partial charge < -0.3 is 28.8 Å². The number of carbonyl (C=O) groups is 2. The van der Waals surface area contributed by atoms with Crippen molar-refractivity contribution in [3.05, 3.63) is 77.4 Å². The van der Waals surface area contributed by atoms with Crippen molar-refractivity contribution < 1.29 is 28.9 Å². The molecule has 1 fully saturated rings. The topological polar surface area (TPSA) is 103 Å². The molecule has 2 unspecified atom stereocenters. The van der Waals surface area contributed by atoms with Gasteiger partial charge in [-0.15, -0.1) is 0 Å². The summed E-state index contributed by atoms with van der Waals surface area (Å²) >= 11 is 0. The number of fused-ring (bicyclic) bond motifs is 1. The van der Waals surface area contributed by atoms with E-state index in [1.54, 1.807) is 23.5 Å². The zero-order valence-electron chi connectivity index (χ0n) is 24.5. The van der Waals surface area contributed by atoms with Gasteiger partial charge in [-0.3, -0.25) is 9.59 Å². The number of unbranched alkanes of at least 4 members (excludes halogenated alkanes) is 2. The number of likely N-dealkylation sites (tertiary alicyclic amines) is 1. The fourth-order valence-electron chi connectivity index (χ4n) is 5.64. The number of hydrogen-bond acceptors (Lipinski definition) is 7. The summed E-state index contributed by atoms with van der Waals surface area (Å²) in [4.78, 5) is 32.7. The number of ether oxygens (including phenoxy) is 3. The van der Waals surface area contributed by atoms with Gasteiger partial charge in [0.2, 0.25) is 0 Å². The molecule has 1 N–H and O–H groups in total. The molecule has 42 heavy (non-hydrogen) atoms. The molecule has 222 valence electrons. The zero-order chi connectivity index (χ0) is 29.6. The van der Waals surface area contributed by atoms with Gasteiger partial charge >= 0.3 is 0 Å². The number of aliphatic hydroxyl groups is 1. The van der Waals surface area contributed by atoms with Crippen molar-refractivity contribution in [3.8, 4) is 17.2 Å². The van der Waals surface area contributed by atoms with Crippen LogP contribution in [0.2, 0.25) is 0 Å². The number of amides is 1. The lowest BCUT2D eigenvalue weighted by Gasteiger charge is -2.26. The Morgan fingerprint density at radius 3 is 2.67 bits per heavy atom. The fraction of sp³-hybridized carbons (Fsp3) is 0.424. The number of aryl methyl sites for hydroxylation is 1. The molecule has 0 spiro atoms. The molecule has 2 atom stereocenters. The van der Waals surface area contributed by atoms with E-state index < -0.39 is 17.7 Å². The summed E-state index contributed by atoms with van der Waals surface area (Å²) in [5.41, 5.74) is 2.17. The van der Waals surface area contributed by atoms with Gasteiger partial charge in [-0.2, -0.15) is 0 Å². The van der Waals surface area contributed by atoms with E-state index in [2.05, 4.69) is 11.9 Å². The highest BCUT2D eigenvalue weighted by atomic mass is 16.5. The quantitative estimate of drug-likeness (QED) is 0.121. The number of hydrogen-bond donors (Lipinski definition) is 1. The SMILES string of the molecule is CCCCCOc1ccc(C2/C(=C(/O)c3ccc4c(c3)CC(C)O4)C(=O)C(=O)N2CCCn2ccnc2)cc1OCC. The van der Waals surface area contributed by atoms with Gasteiger partial charge in [0.25, 0.3) is 11.7 Å². The molecule has 0 radical (unpaired) electrons. The minimum atomic E-state index is -0.787. The van der Waals surface area contributed by atoms with Gasteiger partial charge in [0.15, 0.2) is 11.5 Å². The van der Waals surface area contributed by atoms with Gasteiger partial charge in [-0.05, 0) is 68.1 Å². The first-order valence-corrected chi connectivity index (χ1v) is 14.8. The van der Waals surface area contributed by atoms with Crippen molar-refractivity contribution in [1.82, 2.24) is 14.5 Å². The Kier molecular flexibility index (Phi) is 9.15. The summed E-state index contributed by atoms with van der Waals surface area (Å²) in [6.07, 6.45) is 9.74. The van der Waals surface area contributed by atoms with Crippen molar-refractivity contribution in [1.29, 1.82) is 0 Å². The van der Waals surface area contributed by atoms with Crippen LogP contribution in [0, 0.1) is 0 Å².